The number of carbonyl (C=O) groups is 2. The van der Waals surface area contributed by atoms with Crippen LogP contribution in [0.3, 0.4) is 0 Å². The maximum Gasteiger partial charge on any atom is 0.433 e. The number of ether oxygens (including phenoxy) is 1. The Hall–Kier alpha value is -4.44. The molecule has 2 amide bonds. The van der Waals surface area contributed by atoms with Crippen molar-refractivity contribution in [3.05, 3.63) is 64.2 Å². The van der Waals surface area contributed by atoms with Gasteiger partial charge in [-0.1, -0.05) is 0 Å². The fourth-order valence-electron chi connectivity index (χ4n) is 5.18. The number of furan rings is 1. The number of halogens is 2. The van der Waals surface area contributed by atoms with Gasteiger partial charge in [0.25, 0.3) is 0 Å². The minimum absolute atomic E-state index is 0.0184. The van der Waals surface area contributed by atoms with Gasteiger partial charge in [0, 0.05) is 57.6 Å². The Balaban J connectivity index is 1.14. The zero-order valence-corrected chi connectivity index (χ0v) is 20.7. The van der Waals surface area contributed by atoms with Gasteiger partial charge in [-0.2, -0.15) is 0 Å². The number of nitrogens with one attached hydrogen (secondary N) is 2. The topological polar surface area (TPSA) is 140 Å². The second kappa shape index (κ2) is 9.09. The third-order valence-corrected chi connectivity index (χ3v) is 7.21. The summed E-state index contributed by atoms with van der Waals surface area (Å²) in [6, 6.07) is 4.37. The highest BCUT2D eigenvalue weighted by Gasteiger charge is 2.66. The number of hydrogen-bond acceptors (Lipinski definition) is 11. The molecule has 3 fully saturated rings. The van der Waals surface area contributed by atoms with Crippen molar-refractivity contribution in [3.63, 3.8) is 0 Å². The number of nitro groups is 1. The van der Waals surface area contributed by atoms with Gasteiger partial charge in [-0.3, -0.25) is 29.8 Å². The Labute approximate surface area is 220 Å². The van der Waals surface area contributed by atoms with Gasteiger partial charge in [-0.05, 0) is 6.07 Å². The van der Waals surface area contributed by atoms with Gasteiger partial charge in [0.15, 0.2) is 17.2 Å². The van der Waals surface area contributed by atoms with E-state index in [1.807, 2.05) is 18.3 Å². The van der Waals surface area contributed by atoms with Crippen LogP contribution in [0.4, 0.5) is 30.8 Å². The summed E-state index contributed by atoms with van der Waals surface area (Å²) in [7, 11) is 1.82. The predicted octanol–water partition coefficient (Wildman–Crippen LogP) is 1.54. The minimum Gasteiger partial charge on any atom is -0.438 e. The normalized spacial score (nSPS) is 24.8. The zero-order chi connectivity index (χ0) is 27.5. The van der Waals surface area contributed by atoms with Gasteiger partial charge < -0.3 is 19.5 Å². The van der Waals surface area contributed by atoms with Crippen molar-refractivity contribution < 1.29 is 32.4 Å². The van der Waals surface area contributed by atoms with E-state index in [0.29, 0.717) is 6.42 Å². The molecule has 0 bridgehead atoms. The number of rotatable bonds is 5. The molecule has 39 heavy (non-hydrogen) atoms. The Bertz CT molecular complexity index is 1360. The lowest BCUT2D eigenvalue weighted by Crippen LogP contribution is -2.43. The monoisotopic (exact) mass is 546 g/mol. The number of nitrogens with zero attached hydrogens (tertiary/aromatic N) is 6. The molecule has 1 spiro atoms. The van der Waals surface area contributed by atoms with Crippen LogP contribution in [0.15, 0.2) is 41.1 Å². The fourth-order valence-corrected chi connectivity index (χ4v) is 5.18. The van der Waals surface area contributed by atoms with Crippen LogP contribution in [-0.2, 0) is 4.74 Å². The molecule has 2 N–H and O–H groups in total. The highest BCUT2D eigenvalue weighted by Crippen LogP contribution is 2.50. The third-order valence-electron chi connectivity index (χ3n) is 7.21. The Morgan fingerprint density at radius 1 is 1.21 bits per heavy atom. The molecule has 1 aromatic carbocycles. The third kappa shape index (κ3) is 4.26. The molecule has 2 aromatic rings. The lowest BCUT2D eigenvalue weighted by Gasteiger charge is -2.26. The smallest absolute Gasteiger partial charge is 0.433 e. The van der Waals surface area contributed by atoms with Crippen molar-refractivity contribution >= 4 is 29.3 Å². The van der Waals surface area contributed by atoms with E-state index in [4.69, 9.17) is 9.15 Å². The molecule has 2 atom stereocenters. The summed E-state index contributed by atoms with van der Waals surface area (Å²) in [4.78, 5) is 38.1. The molecular formula is C23H24F2N8O6. The summed E-state index contributed by atoms with van der Waals surface area (Å²) in [6.45, 7) is 0.561. The fraction of sp³-hybridized carbons (Fsp3) is 0.391. The summed E-state index contributed by atoms with van der Waals surface area (Å²) in [5.41, 5.74) is 4.84. The van der Waals surface area contributed by atoms with Crippen LogP contribution in [0, 0.1) is 21.7 Å². The molecule has 1 saturated carbocycles. The van der Waals surface area contributed by atoms with E-state index >= 15 is 8.78 Å². The van der Waals surface area contributed by atoms with Crippen molar-refractivity contribution in [2.45, 2.75) is 18.1 Å². The maximum absolute atomic E-state index is 15.3. The lowest BCUT2D eigenvalue weighted by atomic mass is 10.2. The van der Waals surface area contributed by atoms with Gasteiger partial charge in [0.2, 0.25) is 5.76 Å². The van der Waals surface area contributed by atoms with Crippen molar-refractivity contribution in [3.8, 4) is 0 Å². The van der Waals surface area contributed by atoms with E-state index in [-0.39, 0.29) is 55.9 Å². The summed E-state index contributed by atoms with van der Waals surface area (Å²) in [5.74, 6) is -3.17. The SMILES string of the molecule is CN1NC=CN1[C@H]1C[C@]12CN(c1cc(F)c(N3CCNN(C(=O)c4ccc([N+](=O)[O-])o4)CC3)c(F)c1)C(=O)O2. The largest absolute Gasteiger partial charge is 0.438 e. The van der Waals surface area contributed by atoms with Crippen molar-refractivity contribution in [2.75, 3.05) is 49.6 Å². The number of hydrogen-bond donors (Lipinski definition) is 2. The van der Waals surface area contributed by atoms with Crippen LogP contribution >= 0.6 is 0 Å². The first-order valence-electron chi connectivity index (χ1n) is 12.2. The molecule has 4 aliphatic rings. The highest BCUT2D eigenvalue weighted by molar-refractivity contribution is 5.92. The summed E-state index contributed by atoms with van der Waals surface area (Å²) in [5, 5.41) is 15.7. The summed E-state index contributed by atoms with van der Waals surface area (Å²) < 4.78 is 41.2. The predicted molar refractivity (Wildman–Crippen MR) is 130 cm³/mol. The molecule has 4 heterocycles. The van der Waals surface area contributed by atoms with Crippen LogP contribution in [-0.4, -0.2) is 83.5 Å². The van der Waals surface area contributed by atoms with E-state index in [1.54, 1.807) is 11.3 Å². The van der Waals surface area contributed by atoms with Gasteiger partial charge >= 0.3 is 17.9 Å². The van der Waals surface area contributed by atoms with Crippen LogP contribution < -0.4 is 20.7 Å². The van der Waals surface area contributed by atoms with Crippen molar-refractivity contribution in [1.29, 1.82) is 0 Å². The number of carbonyl (C=O) groups excluding carboxylic acids is 2. The minimum atomic E-state index is -0.862. The molecule has 2 saturated heterocycles. The number of hydrazine groups is 3. The van der Waals surface area contributed by atoms with Crippen molar-refractivity contribution in [2.24, 2.45) is 0 Å². The van der Waals surface area contributed by atoms with Gasteiger partial charge in [0.1, 0.15) is 10.6 Å². The molecule has 0 unspecified atom stereocenters. The summed E-state index contributed by atoms with van der Waals surface area (Å²) in [6.07, 6.45) is 3.48. The quantitative estimate of drug-likeness (QED) is 0.417. The Kier molecular flexibility index (Phi) is 5.80. The van der Waals surface area contributed by atoms with Crippen LogP contribution in [0.1, 0.15) is 17.0 Å². The molecule has 16 heteroatoms. The van der Waals surface area contributed by atoms with Crippen molar-refractivity contribution in [1.82, 2.24) is 26.0 Å². The highest BCUT2D eigenvalue weighted by atomic mass is 19.1. The Morgan fingerprint density at radius 3 is 2.64 bits per heavy atom. The molecule has 0 radical (unpaired) electrons. The number of amides is 2. The second-order valence-corrected chi connectivity index (χ2v) is 9.59. The van der Waals surface area contributed by atoms with E-state index in [9.17, 15) is 19.7 Å². The molecule has 6 rings (SSSR count). The average molecular weight is 546 g/mol. The molecule has 206 valence electrons. The number of benzene rings is 1. The first-order valence-corrected chi connectivity index (χ1v) is 12.2. The van der Waals surface area contributed by atoms with E-state index in [1.165, 1.54) is 20.9 Å². The first-order chi connectivity index (χ1) is 18.7. The maximum atomic E-state index is 15.3. The van der Waals surface area contributed by atoms with Crippen LogP contribution in [0.25, 0.3) is 0 Å². The van der Waals surface area contributed by atoms with Gasteiger partial charge in [-0.25, -0.2) is 19.0 Å². The molecule has 1 aliphatic carbocycles. The Morgan fingerprint density at radius 2 is 1.97 bits per heavy atom. The standard InChI is InChI=1S/C23H24F2N8O6/c1-28-26-5-7-32(28)18-12-23(18)13-30(22(35)39-23)14-10-15(24)20(16(25)11-14)29-6-4-27-31(9-8-29)21(34)17-2-3-19(38-17)33(36)37/h2-3,5,7,10-11,18,26-27H,4,6,8-9,12-13H2,1H3/t18-,23-/m0/s1. The first kappa shape index (κ1) is 24.9. The van der Waals surface area contributed by atoms with Gasteiger partial charge in [0.05, 0.1) is 30.9 Å². The molecular weight excluding hydrogens is 522 g/mol. The number of anilines is 2. The van der Waals surface area contributed by atoms with Crippen LogP contribution in [0.2, 0.25) is 0 Å². The summed E-state index contributed by atoms with van der Waals surface area (Å²) >= 11 is 0. The zero-order valence-electron chi connectivity index (χ0n) is 20.7. The second-order valence-electron chi connectivity index (χ2n) is 9.59. The molecule has 14 nitrogen and oxygen atoms in total. The lowest BCUT2D eigenvalue weighted by molar-refractivity contribution is -0.402. The average Bonchev–Trinajstić information content (AvgIpc) is 3.16. The molecule has 1 aromatic heterocycles. The van der Waals surface area contributed by atoms with E-state index < -0.39 is 40.0 Å². The van der Waals surface area contributed by atoms with E-state index in [2.05, 4.69) is 10.9 Å². The van der Waals surface area contributed by atoms with Gasteiger partial charge in [-0.15, -0.1) is 5.12 Å². The van der Waals surface area contributed by atoms with E-state index in [0.717, 1.165) is 18.2 Å². The van der Waals surface area contributed by atoms with Crippen LogP contribution in [0.5, 0.6) is 0 Å². The molecule has 3 aliphatic heterocycles.